The average molecular weight is 233 g/mol. The first kappa shape index (κ1) is 11.6. The molecule has 0 bridgehead atoms. The first-order chi connectivity index (χ1) is 8.01. The number of benzene rings is 1. The lowest BCUT2D eigenvalue weighted by molar-refractivity contribution is -0.143. The van der Waals surface area contributed by atoms with Crippen LogP contribution in [0.25, 0.3) is 0 Å². The summed E-state index contributed by atoms with van der Waals surface area (Å²) in [6.45, 7) is 1.61. The second-order valence-corrected chi connectivity index (χ2v) is 4.43. The molecule has 2 N–H and O–H groups in total. The van der Waals surface area contributed by atoms with Gasteiger partial charge in [0.1, 0.15) is 5.75 Å². The van der Waals surface area contributed by atoms with Crippen LogP contribution in [0.5, 0.6) is 5.75 Å². The van der Waals surface area contributed by atoms with Crippen LogP contribution >= 0.6 is 0 Å². The Kier molecular flexibility index (Phi) is 2.65. The van der Waals surface area contributed by atoms with Crippen LogP contribution in [-0.4, -0.2) is 23.9 Å². The van der Waals surface area contributed by atoms with Gasteiger partial charge < -0.3 is 15.3 Å². The number of carbonyl (C=O) groups is 1. The summed E-state index contributed by atoms with van der Waals surface area (Å²) in [4.78, 5) is 11.7. The molecule has 1 saturated carbocycles. The highest BCUT2D eigenvalue weighted by atomic mass is 16.5. The number of rotatable bonds is 3. The van der Waals surface area contributed by atoms with E-state index in [0.717, 1.165) is 18.4 Å². The quantitative estimate of drug-likeness (QED) is 0.619. The molecule has 0 unspecified atom stereocenters. The molecule has 0 aliphatic heterocycles. The first-order valence-corrected chi connectivity index (χ1v) is 5.49. The third kappa shape index (κ3) is 1.79. The van der Waals surface area contributed by atoms with Crippen molar-refractivity contribution >= 4 is 11.7 Å². The van der Waals surface area contributed by atoms with E-state index in [2.05, 4.69) is 0 Å². The van der Waals surface area contributed by atoms with Gasteiger partial charge >= 0.3 is 5.97 Å². The molecule has 0 atom stereocenters. The molecule has 1 aromatic carbocycles. The van der Waals surface area contributed by atoms with E-state index in [1.54, 1.807) is 19.1 Å². The van der Waals surface area contributed by atoms with Crippen LogP contribution in [0.1, 0.15) is 30.9 Å². The normalized spacial score (nSPS) is 16.4. The summed E-state index contributed by atoms with van der Waals surface area (Å²) in [5, 5.41) is 17.2. The summed E-state index contributed by atoms with van der Waals surface area (Å²) in [6, 6.07) is 4.97. The average Bonchev–Trinajstić information content (AvgIpc) is 3.09. The summed E-state index contributed by atoms with van der Waals surface area (Å²) in [6.07, 6.45) is 1.53. The van der Waals surface area contributed by atoms with Crippen molar-refractivity contribution in [1.82, 2.24) is 0 Å². The SMILES string of the molecule is COC(=O)C1(c2ccc(O)c(C(C)=N)c2)CC1. The number of phenolic OH excluding ortho intramolecular Hbond substituents is 1. The van der Waals surface area contributed by atoms with E-state index in [1.807, 2.05) is 0 Å². The van der Waals surface area contributed by atoms with E-state index >= 15 is 0 Å². The number of carbonyl (C=O) groups excluding carboxylic acids is 1. The molecule has 90 valence electrons. The van der Waals surface area contributed by atoms with E-state index in [9.17, 15) is 9.90 Å². The number of esters is 1. The maximum atomic E-state index is 11.7. The van der Waals surface area contributed by atoms with Crippen molar-refractivity contribution in [3.05, 3.63) is 29.3 Å². The topological polar surface area (TPSA) is 70.4 Å². The van der Waals surface area contributed by atoms with Gasteiger partial charge in [0.15, 0.2) is 0 Å². The fourth-order valence-corrected chi connectivity index (χ4v) is 2.07. The molecule has 1 aliphatic carbocycles. The lowest BCUT2D eigenvalue weighted by Gasteiger charge is -2.14. The monoisotopic (exact) mass is 233 g/mol. The fourth-order valence-electron chi connectivity index (χ4n) is 2.07. The minimum atomic E-state index is -0.549. The van der Waals surface area contributed by atoms with Gasteiger partial charge in [0.05, 0.1) is 12.5 Å². The van der Waals surface area contributed by atoms with E-state index in [4.69, 9.17) is 10.1 Å². The molecule has 4 nitrogen and oxygen atoms in total. The third-order valence-corrected chi connectivity index (χ3v) is 3.28. The van der Waals surface area contributed by atoms with Crippen molar-refractivity contribution < 1.29 is 14.6 Å². The zero-order valence-corrected chi connectivity index (χ0v) is 9.91. The largest absolute Gasteiger partial charge is 0.507 e. The highest BCUT2D eigenvalue weighted by molar-refractivity contribution is 5.99. The van der Waals surface area contributed by atoms with Gasteiger partial charge in [-0.3, -0.25) is 4.79 Å². The number of methoxy groups -OCH3 is 1. The van der Waals surface area contributed by atoms with Crippen molar-refractivity contribution in [3.63, 3.8) is 0 Å². The Labute approximate surface area is 99.7 Å². The van der Waals surface area contributed by atoms with Crippen molar-refractivity contribution in [2.24, 2.45) is 0 Å². The van der Waals surface area contributed by atoms with Crippen molar-refractivity contribution in [2.45, 2.75) is 25.2 Å². The van der Waals surface area contributed by atoms with Gasteiger partial charge in [-0.2, -0.15) is 0 Å². The first-order valence-electron chi connectivity index (χ1n) is 5.49. The summed E-state index contributed by atoms with van der Waals surface area (Å²) < 4.78 is 4.81. The molecule has 2 rings (SSSR count). The molecule has 0 heterocycles. The van der Waals surface area contributed by atoms with Gasteiger partial charge in [0.25, 0.3) is 0 Å². The van der Waals surface area contributed by atoms with Crippen LogP contribution in [-0.2, 0) is 14.9 Å². The van der Waals surface area contributed by atoms with E-state index in [0.29, 0.717) is 5.56 Å². The van der Waals surface area contributed by atoms with E-state index in [-0.39, 0.29) is 17.4 Å². The number of phenols is 1. The maximum absolute atomic E-state index is 11.7. The van der Waals surface area contributed by atoms with Gasteiger partial charge in [-0.25, -0.2) is 0 Å². The van der Waals surface area contributed by atoms with Crippen LogP contribution in [0.2, 0.25) is 0 Å². The van der Waals surface area contributed by atoms with Gasteiger partial charge in [-0.05, 0) is 37.5 Å². The lowest BCUT2D eigenvalue weighted by Crippen LogP contribution is -2.22. The summed E-state index contributed by atoms with van der Waals surface area (Å²) in [5.74, 6) is -0.168. The number of hydrogen-bond acceptors (Lipinski definition) is 4. The Hall–Kier alpha value is -1.84. The summed E-state index contributed by atoms with van der Waals surface area (Å²) in [5.41, 5.74) is 1.03. The standard InChI is InChI=1S/C13H15NO3/c1-8(14)10-7-9(3-4-11(10)15)13(5-6-13)12(16)17-2/h3-4,7,14-15H,5-6H2,1-2H3. The molecule has 1 fully saturated rings. The molecule has 17 heavy (non-hydrogen) atoms. The predicted octanol–water partition coefficient (Wildman–Crippen LogP) is 1.98. The summed E-state index contributed by atoms with van der Waals surface area (Å²) in [7, 11) is 1.38. The minimum Gasteiger partial charge on any atom is -0.507 e. The zero-order chi connectivity index (χ0) is 12.6. The Morgan fingerprint density at radius 3 is 2.59 bits per heavy atom. The molecule has 1 aliphatic rings. The molecule has 0 radical (unpaired) electrons. The predicted molar refractivity (Wildman–Crippen MR) is 63.5 cm³/mol. The van der Waals surface area contributed by atoms with Crippen molar-refractivity contribution in [3.8, 4) is 5.75 Å². The number of hydrogen-bond donors (Lipinski definition) is 2. The molecule has 0 aromatic heterocycles. The second kappa shape index (κ2) is 3.87. The highest BCUT2D eigenvalue weighted by Gasteiger charge is 2.52. The summed E-state index contributed by atoms with van der Waals surface area (Å²) >= 11 is 0. The molecule has 4 heteroatoms. The minimum absolute atomic E-state index is 0.0712. The third-order valence-electron chi connectivity index (χ3n) is 3.28. The molecular weight excluding hydrogens is 218 g/mol. The van der Waals surface area contributed by atoms with Crippen molar-refractivity contribution in [1.29, 1.82) is 5.41 Å². The van der Waals surface area contributed by atoms with Crippen LogP contribution in [0.3, 0.4) is 0 Å². The number of nitrogens with one attached hydrogen (secondary N) is 1. The molecule has 1 aromatic rings. The Bertz CT molecular complexity index is 489. The maximum Gasteiger partial charge on any atom is 0.316 e. The van der Waals surface area contributed by atoms with E-state index in [1.165, 1.54) is 13.2 Å². The van der Waals surface area contributed by atoms with Crippen LogP contribution in [0.4, 0.5) is 0 Å². The van der Waals surface area contributed by atoms with Crippen LogP contribution in [0.15, 0.2) is 18.2 Å². The number of ether oxygens (including phenoxy) is 1. The lowest BCUT2D eigenvalue weighted by atomic mass is 9.93. The van der Waals surface area contributed by atoms with Crippen LogP contribution < -0.4 is 0 Å². The fraction of sp³-hybridized carbons (Fsp3) is 0.385. The Morgan fingerprint density at radius 2 is 2.12 bits per heavy atom. The van der Waals surface area contributed by atoms with Gasteiger partial charge in [0.2, 0.25) is 0 Å². The smallest absolute Gasteiger partial charge is 0.316 e. The highest BCUT2D eigenvalue weighted by Crippen LogP contribution is 2.49. The van der Waals surface area contributed by atoms with Gasteiger partial charge in [0, 0.05) is 11.3 Å². The van der Waals surface area contributed by atoms with Gasteiger partial charge in [-0.15, -0.1) is 0 Å². The Morgan fingerprint density at radius 1 is 1.47 bits per heavy atom. The van der Waals surface area contributed by atoms with Crippen molar-refractivity contribution in [2.75, 3.05) is 7.11 Å². The molecule has 0 amide bonds. The van der Waals surface area contributed by atoms with Gasteiger partial charge in [-0.1, -0.05) is 6.07 Å². The zero-order valence-electron chi connectivity index (χ0n) is 9.91. The molecule has 0 spiro atoms. The second-order valence-electron chi connectivity index (χ2n) is 4.43. The molecular formula is C13H15NO3. The number of aromatic hydroxyl groups is 1. The van der Waals surface area contributed by atoms with Crippen LogP contribution in [0, 0.1) is 5.41 Å². The Balaban J connectivity index is 2.44. The molecule has 0 saturated heterocycles. The van der Waals surface area contributed by atoms with E-state index < -0.39 is 5.41 Å².